The smallest absolute Gasteiger partial charge is 0.338 e. The summed E-state index contributed by atoms with van der Waals surface area (Å²) in [6.45, 7) is 2.03. The van der Waals surface area contributed by atoms with Crippen molar-refractivity contribution in [3.8, 4) is 11.4 Å². The van der Waals surface area contributed by atoms with E-state index in [2.05, 4.69) is 31.1 Å². The average molecular weight is 520 g/mol. The molecule has 0 spiro atoms. The molecular formula is C25H29F4N7O. The van der Waals surface area contributed by atoms with Crippen LogP contribution < -0.4 is 10.6 Å². The molecule has 1 aliphatic rings. The van der Waals surface area contributed by atoms with Crippen LogP contribution >= 0.6 is 0 Å². The zero-order chi connectivity index (χ0) is 26.3. The van der Waals surface area contributed by atoms with Crippen LogP contribution in [0, 0.1) is 11.7 Å². The lowest BCUT2D eigenvalue weighted by Gasteiger charge is -2.32. The molecule has 3 aromatic rings. The number of alkyl halides is 3. The van der Waals surface area contributed by atoms with Gasteiger partial charge in [0.15, 0.2) is 5.82 Å². The predicted molar refractivity (Wildman–Crippen MR) is 130 cm³/mol. The fourth-order valence-corrected chi connectivity index (χ4v) is 4.58. The van der Waals surface area contributed by atoms with Gasteiger partial charge in [0.05, 0.1) is 0 Å². The summed E-state index contributed by atoms with van der Waals surface area (Å²) in [4.78, 5) is 14.7. The molecule has 2 amide bonds. The molecule has 0 saturated carbocycles. The van der Waals surface area contributed by atoms with E-state index >= 15 is 0 Å². The SMILES string of the molecule is O=C(NCCCN1CCC[C@@H](Cc2ccc(F)cc2)C1)Nc1cccc(-c2nnnn2CC(F)(F)F)c1. The largest absolute Gasteiger partial charge is 0.408 e. The number of carbonyl (C=O) groups excluding carboxylic acids is 1. The van der Waals surface area contributed by atoms with Crippen molar-refractivity contribution >= 4 is 11.7 Å². The Bertz CT molecular complexity index is 1170. The van der Waals surface area contributed by atoms with Gasteiger partial charge in [-0.1, -0.05) is 24.3 Å². The summed E-state index contributed by atoms with van der Waals surface area (Å²) in [6, 6.07) is 12.6. The molecule has 1 aliphatic heterocycles. The van der Waals surface area contributed by atoms with E-state index in [1.165, 1.54) is 18.2 Å². The van der Waals surface area contributed by atoms with E-state index in [4.69, 9.17) is 0 Å². The molecule has 1 aromatic heterocycles. The van der Waals surface area contributed by atoms with Gasteiger partial charge < -0.3 is 15.5 Å². The zero-order valence-corrected chi connectivity index (χ0v) is 20.2. The van der Waals surface area contributed by atoms with Crippen LogP contribution in [-0.4, -0.2) is 63.5 Å². The number of hydrogen-bond donors (Lipinski definition) is 2. The summed E-state index contributed by atoms with van der Waals surface area (Å²) in [5.74, 6) is 0.265. The Morgan fingerprint density at radius 1 is 1.14 bits per heavy atom. The first kappa shape index (κ1) is 26.5. The highest BCUT2D eigenvalue weighted by molar-refractivity contribution is 5.89. The zero-order valence-electron chi connectivity index (χ0n) is 20.2. The van der Waals surface area contributed by atoms with Crippen molar-refractivity contribution in [3.63, 3.8) is 0 Å². The summed E-state index contributed by atoms with van der Waals surface area (Å²) in [7, 11) is 0. The lowest BCUT2D eigenvalue weighted by Crippen LogP contribution is -2.38. The average Bonchev–Trinajstić information content (AvgIpc) is 3.30. The van der Waals surface area contributed by atoms with E-state index in [-0.39, 0.29) is 11.6 Å². The summed E-state index contributed by atoms with van der Waals surface area (Å²) in [6.07, 6.45) is -0.488. The minimum absolute atomic E-state index is 0.0411. The van der Waals surface area contributed by atoms with E-state index in [1.807, 2.05) is 12.1 Å². The van der Waals surface area contributed by atoms with Crippen LogP contribution in [0.25, 0.3) is 11.4 Å². The molecule has 2 aromatic carbocycles. The fourth-order valence-electron chi connectivity index (χ4n) is 4.58. The van der Waals surface area contributed by atoms with E-state index in [9.17, 15) is 22.4 Å². The number of nitrogens with zero attached hydrogens (tertiary/aromatic N) is 5. The molecule has 1 saturated heterocycles. The number of carbonyl (C=O) groups is 1. The molecule has 37 heavy (non-hydrogen) atoms. The molecule has 8 nitrogen and oxygen atoms in total. The maximum Gasteiger partial charge on any atom is 0.408 e. The van der Waals surface area contributed by atoms with E-state index in [0.29, 0.717) is 28.4 Å². The molecule has 198 valence electrons. The minimum atomic E-state index is -4.46. The van der Waals surface area contributed by atoms with Crippen molar-refractivity contribution in [1.82, 2.24) is 30.4 Å². The van der Waals surface area contributed by atoms with Gasteiger partial charge in [0.1, 0.15) is 12.4 Å². The van der Waals surface area contributed by atoms with Crippen molar-refractivity contribution in [3.05, 3.63) is 59.9 Å². The van der Waals surface area contributed by atoms with Gasteiger partial charge in [0, 0.05) is 24.3 Å². The van der Waals surface area contributed by atoms with E-state index in [1.54, 1.807) is 18.2 Å². The fraction of sp³-hybridized carbons (Fsp3) is 0.440. The van der Waals surface area contributed by atoms with Crippen LogP contribution in [0.3, 0.4) is 0 Å². The third-order valence-corrected chi connectivity index (χ3v) is 6.22. The Hall–Kier alpha value is -3.54. The monoisotopic (exact) mass is 519 g/mol. The van der Waals surface area contributed by atoms with Gasteiger partial charge in [-0.05, 0) is 84.9 Å². The quantitative estimate of drug-likeness (QED) is 0.321. The number of anilines is 1. The Kier molecular flexibility index (Phi) is 8.70. The standard InChI is InChI=1S/C25H29F4N7O/c26-21-9-7-18(8-10-21)14-19-4-2-12-35(16-19)13-3-11-30-24(37)31-22-6-1-5-20(15-22)23-32-33-34-36(23)17-25(27,28)29/h1,5-10,15,19H,2-4,11-14,16-17H2,(H2,30,31,37)/t19-/m0/s1. The van der Waals surface area contributed by atoms with Crippen LogP contribution in [0.4, 0.5) is 28.0 Å². The Morgan fingerprint density at radius 2 is 1.95 bits per heavy atom. The predicted octanol–water partition coefficient (Wildman–Crippen LogP) is 4.51. The van der Waals surface area contributed by atoms with Gasteiger partial charge in [0.2, 0.25) is 0 Å². The van der Waals surface area contributed by atoms with Crippen LogP contribution in [-0.2, 0) is 13.0 Å². The first-order valence-corrected chi connectivity index (χ1v) is 12.2. The number of hydrogen-bond acceptors (Lipinski definition) is 5. The van der Waals surface area contributed by atoms with Crippen molar-refractivity contribution in [2.24, 2.45) is 5.92 Å². The number of amides is 2. The number of tetrazole rings is 1. The lowest BCUT2D eigenvalue weighted by atomic mass is 9.91. The van der Waals surface area contributed by atoms with Crippen LogP contribution in [0.5, 0.6) is 0 Å². The molecule has 0 unspecified atom stereocenters. The minimum Gasteiger partial charge on any atom is -0.338 e. The normalized spacial score (nSPS) is 16.5. The van der Waals surface area contributed by atoms with Gasteiger partial charge in [-0.15, -0.1) is 5.10 Å². The van der Waals surface area contributed by atoms with Crippen LogP contribution in [0.1, 0.15) is 24.8 Å². The molecule has 1 atom stereocenters. The van der Waals surface area contributed by atoms with E-state index < -0.39 is 18.8 Å². The van der Waals surface area contributed by atoms with Gasteiger partial charge in [-0.25, -0.2) is 13.9 Å². The number of nitrogens with one attached hydrogen (secondary N) is 2. The van der Waals surface area contributed by atoms with Crippen LogP contribution in [0.2, 0.25) is 0 Å². The summed E-state index contributed by atoms with van der Waals surface area (Å²) >= 11 is 0. The molecular weight excluding hydrogens is 490 g/mol. The molecule has 2 heterocycles. The van der Waals surface area contributed by atoms with Crippen molar-refractivity contribution in [2.75, 3.05) is 31.5 Å². The highest BCUT2D eigenvalue weighted by Crippen LogP contribution is 2.24. The second kappa shape index (κ2) is 12.1. The number of halogens is 4. The Labute approximate surface area is 212 Å². The molecule has 12 heteroatoms. The van der Waals surface area contributed by atoms with Crippen molar-refractivity contribution in [2.45, 2.75) is 38.4 Å². The van der Waals surface area contributed by atoms with Gasteiger partial charge in [0.25, 0.3) is 0 Å². The Morgan fingerprint density at radius 3 is 2.73 bits per heavy atom. The van der Waals surface area contributed by atoms with E-state index in [0.717, 1.165) is 50.9 Å². The third kappa shape index (κ3) is 8.24. The van der Waals surface area contributed by atoms with Crippen LogP contribution in [0.15, 0.2) is 48.5 Å². The summed E-state index contributed by atoms with van der Waals surface area (Å²) < 4.78 is 52.1. The number of likely N-dealkylation sites (tertiary alicyclic amines) is 1. The van der Waals surface area contributed by atoms with Gasteiger partial charge in [-0.3, -0.25) is 0 Å². The number of benzene rings is 2. The molecule has 1 fully saturated rings. The maximum atomic E-state index is 13.1. The summed E-state index contributed by atoms with van der Waals surface area (Å²) in [5.41, 5.74) is 1.91. The summed E-state index contributed by atoms with van der Waals surface area (Å²) in [5, 5.41) is 15.9. The molecule has 0 aliphatic carbocycles. The Balaban J connectivity index is 1.20. The van der Waals surface area contributed by atoms with Crippen molar-refractivity contribution in [1.29, 1.82) is 0 Å². The van der Waals surface area contributed by atoms with Gasteiger partial charge in [-0.2, -0.15) is 13.2 Å². The third-order valence-electron chi connectivity index (χ3n) is 6.22. The first-order chi connectivity index (χ1) is 17.7. The molecule has 0 bridgehead atoms. The van der Waals surface area contributed by atoms with Crippen molar-refractivity contribution < 1.29 is 22.4 Å². The number of rotatable bonds is 9. The lowest BCUT2D eigenvalue weighted by molar-refractivity contribution is -0.142. The molecule has 2 N–H and O–H groups in total. The second-order valence-electron chi connectivity index (χ2n) is 9.23. The number of piperidine rings is 1. The topological polar surface area (TPSA) is 88.0 Å². The van der Waals surface area contributed by atoms with Gasteiger partial charge >= 0.3 is 12.2 Å². The highest BCUT2D eigenvalue weighted by Gasteiger charge is 2.30. The molecule has 0 radical (unpaired) electrons. The molecule has 4 rings (SSSR count). The second-order valence-corrected chi connectivity index (χ2v) is 9.23. The first-order valence-electron chi connectivity index (χ1n) is 12.2. The number of urea groups is 1. The highest BCUT2D eigenvalue weighted by atomic mass is 19.4. The maximum absolute atomic E-state index is 13.1. The number of aromatic nitrogens is 4.